The van der Waals surface area contributed by atoms with Crippen molar-refractivity contribution in [2.24, 2.45) is 0 Å². The number of hydrogen-bond donors (Lipinski definition) is 2. The Morgan fingerprint density at radius 3 is 1.82 bits per heavy atom. The average Bonchev–Trinajstić information content (AvgIpc) is 2.27. The maximum Gasteiger partial charge on any atom is 1.00 e. The third-order valence-corrected chi connectivity index (χ3v) is 4.29. The van der Waals surface area contributed by atoms with Crippen LogP contribution in [0.25, 0.3) is 10.8 Å². The van der Waals surface area contributed by atoms with Gasteiger partial charge in [-0.05, 0) is 12.1 Å². The van der Waals surface area contributed by atoms with Gasteiger partial charge in [-0.25, -0.2) is 16.8 Å². The van der Waals surface area contributed by atoms with Gasteiger partial charge in [-0.2, -0.15) is 0 Å². The van der Waals surface area contributed by atoms with Crippen LogP contribution in [0.3, 0.4) is 0 Å². The largest absolute Gasteiger partial charge is 1.00 e. The molecule has 0 bridgehead atoms. The Kier molecular flexibility index (Phi) is 8.70. The summed E-state index contributed by atoms with van der Waals surface area (Å²) in [4.78, 5) is -2.34. The summed E-state index contributed by atoms with van der Waals surface area (Å²) in [5.41, 5.74) is 0. The summed E-state index contributed by atoms with van der Waals surface area (Å²) in [5.74, 6) is -1.68. The van der Waals surface area contributed by atoms with Crippen molar-refractivity contribution in [3.63, 3.8) is 0 Å². The van der Waals surface area contributed by atoms with Gasteiger partial charge in [-0.15, -0.1) is 0 Å². The number of hydrogen-bond acceptors (Lipinski definition) is 8. The van der Waals surface area contributed by atoms with Gasteiger partial charge in [0.15, 0.2) is 0 Å². The van der Waals surface area contributed by atoms with Gasteiger partial charge in [-0.1, -0.05) is 12.1 Å². The fraction of sp³-hybridized carbons (Fsp3) is 0. The maximum absolute atomic E-state index is 11.1. The summed E-state index contributed by atoms with van der Waals surface area (Å²) >= 11 is 0. The molecule has 0 aliphatic rings. The first-order chi connectivity index (χ1) is 9.03. The van der Waals surface area contributed by atoms with Crippen molar-refractivity contribution in [2.45, 2.75) is 9.79 Å². The van der Waals surface area contributed by atoms with E-state index >= 15 is 0 Å². The molecule has 8 nitrogen and oxygen atoms in total. The number of phenols is 2. The molecule has 0 amide bonds. The zero-order valence-corrected chi connectivity index (χ0v) is 19.3. The first kappa shape index (κ1) is 23.4. The number of aromatic hydroxyl groups is 2. The third-order valence-electron chi connectivity index (χ3n) is 2.58. The smallest absolute Gasteiger partial charge is 0.744 e. The molecule has 0 unspecified atom stereocenters. The molecule has 0 saturated carbocycles. The van der Waals surface area contributed by atoms with Crippen LogP contribution in [0.1, 0.15) is 0 Å². The minimum absolute atomic E-state index is 0. The van der Waals surface area contributed by atoms with Gasteiger partial charge in [0.25, 0.3) is 0 Å². The van der Waals surface area contributed by atoms with Crippen LogP contribution in [-0.2, 0) is 20.2 Å². The molecule has 0 aromatic heterocycles. The SMILES string of the molecule is O=S(=O)([O-])c1cc(S(=O)(=O)[O-])c2c(O)cccc2c1O.[K+].[K+]. The van der Waals surface area contributed by atoms with Crippen LogP contribution in [0, 0.1) is 0 Å². The predicted molar refractivity (Wildman–Crippen MR) is 63.2 cm³/mol. The molecular weight excluding hydrogens is 390 g/mol. The standard InChI is InChI=1S/C10H8O8S2.2K/c11-6-3-1-2-5-9(6)7(19(13,14)15)4-8(10(5)12)20(16,17)18;;/h1-4,11-12H,(H,13,14,15)(H,16,17,18);;/q;2*+1/p-2. The zero-order chi connectivity index (χ0) is 15.3. The van der Waals surface area contributed by atoms with E-state index in [2.05, 4.69) is 0 Å². The molecule has 2 N–H and O–H groups in total. The maximum atomic E-state index is 11.1. The van der Waals surface area contributed by atoms with Crippen molar-refractivity contribution < 1.29 is 139 Å². The molecule has 0 saturated heterocycles. The number of benzene rings is 2. The van der Waals surface area contributed by atoms with E-state index in [0.29, 0.717) is 0 Å². The van der Waals surface area contributed by atoms with Crippen molar-refractivity contribution in [1.82, 2.24) is 0 Å². The van der Waals surface area contributed by atoms with E-state index in [1.54, 1.807) is 0 Å². The molecule has 0 aliphatic carbocycles. The van der Waals surface area contributed by atoms with Gasteiger partial charge in [0.1, 0.15) is 31.7 Å². The van der Waals surface area contributed by atoms with E-state index in [-0.39, 0.29) is 109 Å². The summed E-state index contributed by atoms with van der Waals surface area (Å²) in [5, 5.41) is 18.3. The molecule has 0 atom stereocenters. The van der Waals surface area contributed by atoms with Gasteiger partial charge in [0, 0.05) is 10.8 Å². The molecule has 0 aliphatic heterocycles. The number of phenolic OH excluding ortho intramolecular Hbond substituents is 2. The Bertz CT molecular complexity index is 922. The van der Waals surface area contributed by atoms with Gasteiger partial charge >= 0.3 is 103 Å². The minimum atomic E-state index is -5.21. The molecule has 0 heterocycles. The molecule has 2 aromatic rings. The fourth-order valence-corrected chi connectivity index (χ4v) is 3.19. The van der Waals surface area contributed by atoms with Crippen molar-refractivity contribution in [3.05, 3.63) is 24.3 Å². The Hall–Kier alpha value is 1.39. The summed E-state index contributed by atoms with van der Waals surface area (Å²) in [7, 11) is -10.4. The van der Waals surface area contributed by atoms with Crippen LogP contribution in [0.5, 0.6) is 11.5 Å². The Morgan fingerprint density at radius 1 is 0.864 bits per heavy atom. The van der Waals surface area contributed by atoms with Crippen LogP contribution in [0.4, 0.5) is 0 Å². The molecular formula is C10H6K2O8S2. The van der Waals surface area contributed by atoms with Crippen LogP contribution in [-0.4, -0.2) is 36.2 Å². The molecule has 0 fully saturated rings. The predicted octanol–water partition coefficient (Wildman–Crippen LogP) is -5.93. The van der Waals surface area contributed by atoms with Gasteiger partial charge < -0.3 is 19.3 Å². The number of rotatable bonds is 2. The molecule has 108 valence electrons. The van der Waals surface area contributed by atoms with E-state index in [4.69, 9.17) is 0 Å². The molecule has 12 heteroatoms. The quantitative estimate of drug-likeness (QED) is 0.375. The van der Waals surface area contributed by atoms with Gasteiger partial charge in [0.05, 0.1) is 9.79 Å². The zero-order valence-electron chi connectivity index (χ0n) is 11.5. The second-order valence-electron chi connectivity index (χ2n) is 3.83. The molecule has 0 spiro atoms. The molecule has 2 rings (SSSR count). The van der Waals surface area contributed by atoms with Gasteiger partial charge in [-0.3, -0.25) is 0 Å². The van der Waals surface area contributed by atoms with Crippen LogP contribution >= 0.6 is 0 Å². The fourth-order valence-electron chi connectivity index (χ4n) is 1.78. The van der Waals surface area contributed by atoms with Crippen LogP contribution in [0.15, 0.2) is 34.1 Å². The normalized spacial score (nSPS) is 11.5. The van der Waals surface area contributed by atoms with E-state index in [1.807, 2.05) is 0 Å². The first-order valence-electron chi connectivity index (χ1n) is 4.93. The Balaban J connectivity index is 0.00000220. The van der Waals surface area contributed by atoms with Crippen LogP contribution in [0.2, 0.25) is 0 Å². The van der Waals surface area contributed by atoms with Crippen LogP contribution < -0.4 is 103 Å². The Morgan fingerprint density at radius 2 is 1.36 bits per heavy atom. The van der Waals surface area contributed by atoms with Gasteiger partial charge in [0.2, 0.25) is 0 Å². The summed E-state index contributed by atoms with van der Waals surface area (Å²) in [6, 6.07) is 3.53. The molecule has 22 heavy (non-hydrogen) atoms. The monoisotopic (exact) mass is 396 g/mol. The molecule has 2 aromatic carbocycles. The van der Waals surface area contributed by atoms with E-state index in [1.165, 1.54) is 6.07 Å². The third kappa shape index (κ3) is 4.72. The topological polar surface area (TPSA) is 155 Å². The summed E-state index contributed by atoms with van der Waals surface area (Å²) in [6.45, 7) is 0. The number of fused-ring (bicyclic) bond motifs is 1. The second-order valence-corrected chi connectivity index (χ2v) is 6.53. The van der Waals surface area contributed by atoms with E-state index in [9.17, 15) is 36.2 Å². The van der Waals surface area contributed by atoms with Crippen molar-refractivity contribution in [1.29, 1.82) is 0 Å². The summed E-state index contributed by atoms with van der Waals surface area (Å²) in [6.07, 6.45) is 0. The first-order valence-corrected chi connectivity index (χ1v) is 7.74. The van der Waals surface area contributed by atoms with Crippen molar-refractivity contribution in [2.75, 3.05) is 0 Å². The summed E-state index contributed by atoms with van der Waals surface area (Å²) < 4.78 is 66.4. The van der Waals surface area contributed by atoms with Crippen molar-refractivity contribution in [3.8, 4) is 11.5 Å². The second kappa shape index (κ2) is 8.18. The van der Waals surface area contributed by atoms with E-state index in [0.717, 1.165) is 12.1 Å². The average molecular weight is 396 g/mol. The Labute approximate surface area is 211 Å². The minimum Gasteiger partial charge on any atom is -0.744 e. The van der Waals surface area contributed by atoms with E-state index < -0.39 is 52.3 Å². The molecule has 0 radical (unpaired) electrons. The van der Waals surface area contributed by atoms with Crippen molar-refractivity contribution >= 4 is 31.0 Å².